The highest BCUT2D eigenvalue weighted by molar-refractivity contribution is 5.91. The van der Waals surface area contributed by atoms with Crippen LogP contribution < -0.4 is 19.6 Å². The molecule has 0 bridgehead atoms. The molecule has 0 aliphatic carbocycles. The monoisotopic (exact) mass is 500 g/mol. The van der Waals surface area contributed by atoms with E-state index in [9.17, 15) is 9.59 Å². The Hall–Kier alpha value is -4.06. The summed E-state index contributed by atoms with van der Waals surface area (Å²) in [5, 5.41) is 0.333. The van der Waals surface area contributed by atoms with E-state index in [-0.39, 0.29) is 22.8 Å². The first kappa shape index (κ1) is 26.0. The van der Waals surface area contributed by atoms with Gasteiger partial charge in [-0.25, -0.2) is 4.79 Å². The van der Waals surface area contributed by atoms with Crippen molar-refractivity contribution in [2.75, 3.05) is 6.61 Å². The van der Waals surface area contributed by atoms with Crippen LogP contribution in [-0.2, 0) is 0 Å². The number of carbonyl (C=O) groups is 1. The van der Waals surface area contributed by atoms with E-state index in [4.69, 9.17) is 18.6 Å². The number of esters is 1. The molecule has 0 aliphatic rings. The summed E-state index contributed by atoms with van der Waals surface area (Å²) in [5.41, 5.74) is 1.39. The average molecular weight is 501 g/mol. The maximum absolute atomic E-state index is 13.0. The minimum atomic E-state index is -0.513. The van der Waals surface area contributed by atoms with Crippen molar-refractivity contribution < 1.29 is 23.4 Å². The summed E-state index contributed by atoms with van der Waals surface area (Å²) in [7, 11) is 0. The van der Waals surface area contributed by atoms with Crippen LogP contribution in [0.25, 0.3) is 11.0 Å². The van der Waals surface area contributed by atoms with Gasteiger partial charge in [-0.15, -0.1) is 0 Å². The number of fused-ring (bicyclic) bond motifs is 1. The topological polar surface area (TPSA) is 75.0 Å². The Balaban J connectivity index is 1.43. The first-order chi connectivity index (χ1) is 18.0. The first-order valence-corrected chi connectivity index (χ1v) is 12.7. The van der Waals surface area contributed by atoms with Crippen LogP contribution >= 0.6 is 0 Å². The fourth-order valence-electron chi connectivity index (χ4n) is 3.97. The molecule has 0 N–H and O–H groups in total. The molecule has 0 atom stereocenters. The van der Waals surface area contributed by atoms with Crippen molar-refractivity contribution >= 4 is 16.9 Å². The molecular weight excluding hydrogens is 468 g/mol. The molecule has 0 amide bonds. The maximum Gasteiger partial charge on any atom is 0.343 e. The molecular formula is C31H32O6. The average Bonchev–Trinajstić information content (AvgIpc) is 2.90. The van der Waals surface area contributed by atoms with Crippen LogP contribution in [0.4, 0.5) is 0 Å². The third kappa shape index (κ3) is 6.58. The molecule has 6 nitrogen and oxygen atoms in total. The quantitative estimate of drug-likeness (QED) is 0.118. The molecule has 4 rings (SSSR count). The Kier molecular flexibility index (Phi) is 8.62. The van der Waals surface area contributed by atoms with E-state index < -0.39 is 5.97 Å². The Labute approximate surface area is 216 Å². The van der Waals surface area contributed by atoms with Gasteiger partial charge in [-0.3, -0.25) is 4.79 Å². The Morgan fingerprint density at radius 2 is 1.65 bits per heavy atom. The normalized spacial score (nSPS) is 11.0. The number of carbonyl (C=O) groups excluding carboxylic acids is 1. The zero-order valence-corrected chi connectivity index (χ0v) is 21.5. The third-order valence-electron chi connectivity index (χ3n) is 6.04. The van der Waals surface area contributed by atoms with Gasteiger partial charge in [0.15, 0.2) is 0 Å². The molecule has 0 spiro atoms. The predicted molar refractivity (Wildman–Crippen MR) is 144 cm³/mol. The van der Waals surface area contributed by atoms with Crippen molar-refractivity contribution in [3.63, 3.8) is 0 Å². The molecule has 0 saturated carbocycles. The highest BCUT2D eigenvalue weighted by atomic mass is 16.5. The second-order valence-corrected chi connectivity index (χ2v) is 9.20. The summed E-state index contributed by atoms with van der Waals surface area (Å²) >= 11 is 0. The van der Waals surface area contributed by atoms with E-state index in [1.807, 2.05) is 24.3 Å². The van der Waals surface area contributed by atoms with Gasteiger partial charge in [0, 0.05) is 6.07 Å². The number of benzene rings is 3. The summed E-state index contributed by atoms with van der Waals surface area (Å²) in [5.74, 6) is 1.42. The molecule has 1 aromatic heterocycles. The highest BCUT2D eigenvalue weighted by Crippen LogP contribution is 2.30. The summed E-state index contributed by atoms with van der Waals surface area (Å²) < 4.78 is 22.8. The van der Waals surface area contributed by atoms with Crippen molar-refractivity contribution in [2.24, 2.45) is 0 Å². The van der Waals surface area contributed by atoms with Crippen molar-refractivity contribution in [1.82, 2.24) is 0 Å². The van der Waals surface area contributed by atoms with Crippen molar-refractivity contribution in [2.45, 2.75) is 52.4 Å². The second kappa shape index (κ2) is 12.3. The van der Waals surface area contributed by atoms with Gasteiger partial charge in [0.25, 0.3) is 0 Å². The van der Waals surface area contributed by atoms with Gasteiger partial charge in [0.1, 0.15) is 29.1 Å². The van der Waals surface area contributed by atoms with Crippen LogP contribution in [0.1, 0.15) is 68.3 Å². The predicted octanol–water partition coefficient (Wildman–Crippen LogP) is 7.89. The van der Waals surface area contributed by atoms with Gasteiger partial charge in [-0.1, -0.05) is 58.2 Å². The van der Waals surface area contributed by atoms with Gasteiger partial charge < -0.3 is 18.6 Å². The highest BCUT2D eigenvalue weighted by Gasteiger charge is 2.15. The zero-order chi connectivity index (χ0) is 26.2. The fourth-order valence-corrected chi connectivity index (χ4v) is 3.97. The summed E-state index contributed by atoms with van der Waals surface area (Å²) in [6, 6.07) is 19.1. The molecule has 37 heavy (non-hydrogen) atoms. The summed E-state index contributed by atoms with van der Waals surface area (Å²) in [6.45, 7) is 6.95. The number of para-hydroxylation sites is 1. The minimum Gasteiger partial charge on any atom is -0.494 e. The van der Waals surface area contributed by atoms with Crippen LogP contribution in [-0.4, -0.2) is 12.6 Å². The Morgan fingerprint density at radius 3 is 2.41 bits per heavy atom. The molecule has 3 aromatic carbocycles. The van der Waals surface area contributed by atoms with Gasteiger partial charge in [-0.2, -0.15) is 0 Å². The minimum absolute atomic E-state index is 0.0954. The summed E-state index contributed by atoms with van der Waals surface area (Å²) in [4.78, 5) is 25.7. The smallest absolute Gasteiger partial charge is 0.343 e. The van der Waals surface area contributed by atoms with Crippen LogP contribution in [0.15, 0.2) is 82.2 Å². The fraction of sp³-hybridized carbons (Fsp3) is 0.290. The van der Waals surface area contributed by atoms with Crippen LogP contribution in [0.5, 0.6) is 23.0 Å². The van der Waals surface area contributed by atoms with Gasteiger partial charge in [0.2, 0.25) is 11.2 Å². The number of hydrogen-bond acceptors (Lipinski definition) is 6. The van der Waals surface area contributed by atoms with Crippen molar-refractivity contribution in [3.8, 4) is 23.0 Å². The van der Waals surface area contributed by atoms with Crippen LogP contribution in [0.2, 0.25) is 0 Å². The van der Waals surface area contributed by atoms with Gasteiger partial charge >= 0.3 is 5.97 Å². The zero-order valence-electron chi connectivity index (χ0n) is 21.5. The van der Waals surface area contributed by atoms with Crippen molar-refractivity contribution in [1.29, 1.82) is 0 Å². The lowest BCUT2D eigenvalue weighted by molar-refractivity contribution is 0.0735. The first-order valence-electron chi connectivity index (χ1n) is 12.7. The van der Waals surface area contributed by atoms with Crippen LogP contribution in [0, 0.1) is 0 Å². The molecule has 0 saturated heterocycles. The van der Waals surface area contributed by atoms with E-state index in [2.05, 4.69) is 20.8 Å². The van der Waals surface area contributed by atoms with E-state index in [0.717, 1.165) is 24.2 Å². The van der Waals surface area contributed by atoms with Gasteiger partial charge in [0.05, 0.1) is 17.6 Å². The number of unbranched alkanes of at least 4 members (excludes halogenated alkanes) is 3. The Bertz CT molecular complexity index is 1400. The molecule has 6 heteroatoms. The third-order valence-corrected chi connectivity index (χ3v) is 6.04. The number of hydrogen-bond donors (Lipinski definition) is 0. The lowest BCUT2D eigenvalue weighted by Crippen LogP contribution is -2.09. The van der Waals surface area contributed by atoms with Crippen molar-refractivity contribution in [3.05, 3.63) is 94.3 Å². The number of rotatable bonds is 11. The summed E-state index contributed by atoms with van der Waals surface area (Å²) in [6.07, 6.45) is 5.83. The van der Waals surface area contributed by atoms with E-state index in [0.29, 0.717) is 28.9 Å². The van der Waals surface area contributed by atoms with Crippen LogP contribution in [0.3, 0.4) is 0 Å². The molecule has 0 fully saturated rings. The van der Waals surface area contributed by atoms with E-state index in [1.54, 1.807) is 36.4 Å². The van der Waals surface area contributed by atoms with Gasteiger partial charge in [-0.05, 0) is 60.4 Å². The maximum atomic E-state index is 13.0. The largest absolute Gasteiger partial charge is 0.494 e. The lowest BCUT2D eigenvalue weighted by atomic mass is 10.0. The number of ether oxygens (including phenoxy) is 3. The molecule has 0 aliphatic heterocycles. The molecule has 1 heterocycles. The molecule has 0 radical (unpaired) electrons. The SMILES string of the molecule is CCCCCCOc1ccc(C(=O)Oc2ccc3c(=O)c(Oc4ccccc4C(C)C)coc3c2)cc1. The molecule has 4 aromatic rings. The van der Waals surface area contributed by atoms with E-state index >= 15 is 0 Å². The lowest BCUT2D eigenvalue weighted by Gasteiger charge is -2.13. The standard InChI is InChI=1S/C31H32O6/c1-4-5-6-9-18-34-23-14-12-22(13-15-23)31(33)36-24-16-17-26-28(19-24)35-20-29(30(26)32)37-27-11-8-7-10-25(27)21(2)3/h7-8,10-17,19-21H,4-6,9,18H2,1-3H3. The molecule has 192 valence electrons. The second-order valence-electron chi connectivity index (χ2n) is 9.20. The van der Waals surface area contributed by atoms with E-state index in [1.165, 1.54) is 25.2 Å². The Morgan fingerprint density at radius 1 is 0.892 bits per heavy atom. The molecule has 0 unspecified atom stereocenters.